The average Bonchev–Trinajstić information content (AvgIpc) is 3.10. The Balaban J connectivity index is 1.88. The Morgan fingerprint density at radius 3 is 2.33 bits per heavy atom. The summed E-state index contributed by atoms with van der Waals surface area (Å²) < 4.78 is 14.1. The Hall–Kier alpha value is -4.72. The van der Waals surface area contributed by atoms with Gasteiger partial charge in [-0.3, -0.25) is 9.48 Å². The van der Waals surface area contributed by atoms with E-state index in [0.29, 0.717) is 22.3 Å². The summed E-state index contributed by atoms with van der Waals surface area (Å²) in [5.41, 5.74) is 1.02. The average molecular weight is 485 g/mol. The van der Waals surface area contributed by atoms with Crippen molar-refractivity contribution in [1.82, 2.24) is 9.36 Å². The van der Waals surface area contributed by atoms with Crippen LogP contribution in [-0.4, -0.2) is 26.7 Å². The van der Waals surface area contributed by atoms with Crippen LogP contribution in [0.1, 0.15) is 28.3 Å². The normalized spacial score (nSPS) is 12.1. The molecule has 8 nitrogen and oxygen atoms in total. The zero-order chi connectivity index (χ0) is 25.6. The van der Waals surface area contributed by atoms with Gasteiger partial charge < -0.3 is 19.4 Å². The minimum absolute atomic E-state index is 0.0764. The molecule has 0 aliphatic heterocycles. The molecular weight excluding hydrogens is 460 g/mol. The van der Waals surface area contributed by atoms with Crippen LogP contribution in [0.25, 0.3) is 16.7 Å². The lowest BCUT2D eigenvalue weighted by molar-refractivity contribution is 0.373. The van der Waals surface area contributed by atoms with E-state index in [2.05, 4.69) is 0 Å². The van der Waals surface area contributed by atoms with Crippen molar-refractivity contribution in [3.63, 3.8) is 0 Å². The van der Waals surface area contributed by atoms with E-state index in [1.165, 1.54) is 17.9 Å². The third-order valence-corrected chi connectivity index (χ3v) is 6.53. The van der Waals surface area contributed by atoms with Crippen molar-refractivity contribution in [3.8, 4) is 22.9 Å². The molecule has 0 saturated heterocycles. The van der Waals surface area contributed by atoms with E-state index >= 15 is 0 Å². The SMILES string of the molecule is COc1cc([C@@H](c2c(O)c3ccccc3oc2=O)c2c(C)n(C)n(-c3ccccc3)c2=O)ccc1O. The molecule has 2 aromatic heterocycles. The van der Waals surface area contributed by atoms with E-state index in [0.717, 1.165) is 0 Å². The topological polar surface area (TPSA) is 107 Å². The van der Waals surface area contributed by atoms with Gasteiger partial charge in [0.15, 0.2) is 11.5 Å². The number of rotatable bonds is 5. The van der Waals surface area contributed by atoms with Gasteiger partial charge in [0.1, 0.15) is 11.3 Å². The van der Waals surface area contributed by atoms with Crippen LogP contribution < -0.4 is 15.9 Å². The molecule has 2 N–H and O–H groups in total. The first-order valence-electron chi connectivity index (χ1n) is 11.3. The van der Waals surface area contributed by atoms with Gasteiger partial charge >= 0.3 is 5.63 Å². The Morgan fingerprint density at radius 1 is 0.917 bits per heavy atom. The van der Waals surface area contributed by atoms with Crippen LogP contribution in [-0.2, 0) is 7.05 Å². The van der Waals surface area contributed by atoms with E-state index in [4.69, 9.17) is 9.15 Å². The Kier molecular flexibility index (Phi) is 5.64. The van der Waals surface area contributed by atoms with Crippen LogP contribution in [0.3, 0.4) is 0 Å². The van der Waals surface area contributed by atoms with E-state index < -0.39 is 11.5 Å². The van der Waals surface area contributed by atoms with Gasteiger partial charge in [-0.2, -0.15) is 0 Å². The summed E-state index contributed by atoms with van der Waals surface area (Å²) in [7, 11) is 3.16. The fourth-order valence-corrected chi connectivity index (χ4v) is 4.68. The second-order valence-electron chi connectivity index (χ2n) is 8.49. The van der Waals surface area contributed by atoms with Crippen LogP contribution in [0.4, 0.5) is 0 Å². The zero-order valence-electron chi connectivity index (χ0n) is 19.9. The number of methoxy groups -OCH3 is 1. The van der Waals surface area contributed by atoms with E-state index in [9.17, 15) is 19.8 Å². The molecule has 0 fully saturated rings. The first-order valence-corrected chi connectivity index (χ1v) is 11.3. The van der Waals surface area contributed by atoms with Gasteiger partial charge in [-0.25, -0.2) is 9.48 Å². The molecule has 5 rings (SSSR count). The highest BCUT2D eigenvalue weighted by Crippen LogP contribution is 2.40. The smallest absolute Gasteiger partial charge is 0.344 e. The third-order valence-electron chi connectivity index (χ3n) is 6.53. The summed E-state index contributed by atoms with van der Waals surface area (Å²) in [6, 6.07) is 20.4. The number of nitrogens with zero attached hydrogens (tertiary/aromatic N) is 2. The fourth-order valence-electron chi connectivity index (χ4n) is 4.68. The number of phenols is 1. The molecule has 3 aromatic carbocycles. The van der Waals surface area contributed by atoms with Crippen molar-refractivity contribution >= 4 is 11.0 Å². The molecule has 0 bridgehead atoms. The monoisotopic (exact) mass is 484 g/mol. The summed E-state index contributed by atoms with van der Waals surface area (Å²) in [5.74, 6) is -1.21. The summed E-state index contributed by atoms with van der Waals surface area (Å²) in [5, 5.41) is 21.9. The van der Waals surface area contributed by atoms with Crippen LogP contribution >= 0.6 is 0 Å². The number of phenolic OH excluding ortho intramolecular Hbond substituents is 1. The Bertz CT molecular complexity index is 1710. The molecule has 5 aromatic rings. The summed E-state index contributed by atoms with van der Waals surface area (Å²) in [6.07, 6.45) is 0. The lowest BCUT2D eigenvalue weighted by Crippen LogP contribution is -2.24. The quantitative estimate of drug-likeness (QED) is 0.362. The second kappa shape index (κ2) is 8.81. The molecule has 0 aliphatic rings. The van der Waals surface area contributed by atoms with Crippen molar-refractivity contribution in [1.29, 1.82) is 0 Å². The lowest BCUT2D eigenvalue weighted by Gasteiger charge is -2.19. The number of hydrogen-bond donors (Lipinski definition) is 2. The van der Waals surface area contributed by atoms with Gasteiger partial charge in [0, 0.05) is 12.7 Å². The van der Waals surface area contributed by atoms with Crippen molar-refractivity contribution in [3.05, 3.63) is 116 Å². The third kappa shape index (κ3) is 3.54. The minimum Gasteiger partial charge on any atom is -0.507 e. The number of benzene rings is 3. The molecule has 0 radical (unpaired) electrons. The minimum atomic E-state index is -1.01. The van der Waals surface area contributed by atoms with Crippen LogP contribution in [0.15, 0.2) is 86.8 Å². The Morgan fingerprint density at radius 2 is 1.61 bits per heavy atom. The van der Waals surface area contributed by atoms with E-state index in [1.807, 2.05) is 30.3 Å². The van der Waals surface area contributed by atoms with Crippen LogP contribution in [0, 0.1) is 6.92 Å². The molecule has 0 aliphatic carbocycles. The first-order chi connectivity index (χ1) is 17.3. The van der Waals surface area contributed by atoms with Crippen LogP contribution in [0.2, 0.25) is 0 Å². The van der Waals surface area contributed by atoms with Gasteiger partial charge in [0.05, 0.1) is 35.2 Å². The van der Waals surface area contributed by atoms with Gasteiger partial charge in [-0.05, 0) is 48.9 Å². The zero-order valence-corrected chi connectivity index (χ0v) is 19.9. The molecule has 1 atom stereocenters. The van der Waals surface area contributed by atoms with Gasteiger partial charge in [-0.15, -0.1) is 0 Å². The highest BCUT2D eigenvalue weighted by Gasteiger charge is 2.33. The number of aromatic hydroxyl groups is 2. The van der Waals surface area contributed by atoms with Crippen LogP contribution in [0.5, 0.6) is 17.2 Å². The maximum absolute atomic E-state index is 14.0. The summed E-state index contributed by atoms with van der Waals surface area (Å²) in [4.78, 5) is 27.3. The van der Waals surface area contributed by atoms with Crippen molar-refractivity contribution < 1.29 is 19.4 Å². The van der Waals surface area contributed by atoms with E-state index in [-0.39, 0.29) is 39.5 Å². The number of fused-ring (bicyclic) bond motifs is 1. The van der Waals surface area contributed by atoms with Gasteiger partial charge in [0.25, 0.3) is 5.56 Å². The highest BCUT2D eigenvalue weighted by molar-refractivity contribution is 5.84. The first kappa shape index (κ1) is 23.0. The fraction of sp³-hybridized carbons (Fsp3) is 0.143. The predicted molar refractivity (Wildman–Crippen MR) is 135 cm³/mol. The molecule has 0 amide bonds. The lowest BCUT2D eigenvalue weighted by atomic mass is 9.84. The second-order valence-corrected chi connectivity index (χ2v) is 8.49. The predicted octanol–water partition coefficient (Wildman–Crippen LogP) is 4.19. The molecule has 8 heteroatoms. The number of para-hydroxylation sites is 2. The van der Waals surface area contributed by atoms with Crippen molar-refractivity contribution in [2.24, 2.45) is 7.05 Å². The van der Waals surface area contributed by atoms with Gasteiger partial charge in [0.2, 0.25) is 0 Å². The summed E-state index contributed by atoms with van der Waals surface area (Å²) >= 11 is 0. The molecular formula is C28H24N2O6. The van der Waals surface area contributed by atoms with Gasteiger partial charge in [-0.1, -0.05) is 36.4 Å². The maximum Gasteiger partial charge on any atom is 0.344 e. The number of ether oxygens (including phenoxy) is 1. The maximum atomic E-state index is 14.0. The largest absolute Gasteiger partial charge is 0.507 e. The molecule has 36 heavy (non-hydrogen) atoms. The molecule has 182 valence electrons. The molecule has 0 saturated carbocycles. The molecule has 0 unspecified atom stereocenters. The number of hydrogen-bond acceptors (Lipinski definition) is 6. The van der Waals surface area contributed by atoms with E-state index in [1.54, 1.807) is 55.1 Å². The van der Waals surface area contributed by atoms with Crippen molar-refractivity contribution in [2.45, 2.75) is 12.8 Å². The Labute approximate surface area is 205 Å². The number of aromatic nitrogens is 2. The highest BCUT2D eigenvalue weighted by atomic mass is 16.5. The standard InChI is InChI=1S/C28H24N2O6/c1-16-23(27(33)30(29(16)2)18-9-5-4-6-10-18)24(17-13-14-20(31)22(15-17)35-3)25-26(32)19-11-7-8-12-21(19)36-28(25)34/h4-15,24,31-32H,1-3H3/t24-/m1/s1. The van der Waals surface area contributed by atoms with Crippen molar-refractivity contribution in [2.75, 3.05) is 7.11 Å². The summed E-state index contributed by atoms with van der Waals surface area (Å²) in [6.45, 7) is 1.78. The molecule has 2 heterocycles. The molecule has 0 spiro atoms.